The Labute approximate surface area is 223 Å². The average molecular weight is 553 g/mol. The molecule has 1 amide bonds. The number of aliphatic hydroxyl groups is 1. The lowest BCUT2D eigenvalue weighted by Gasteiger charge is -2.29. The first-order valence-electron chi connectivity index (χ1n) is 12.2. The standard InChI is InChI=1S/C24H28Cl3N7O2/c25-13-9-15(26)20(16(27)10-13)32-24-31-18-11-29-23(30-17-3-1-2-4-19(17)35)33-22(18)34(24)14-7-5-12(6-8-14)21(28)36/h9-12,14,17,19,35H,1-8H2,(H2,28,36)(H,31,32)(H,29,30,33)/t12?,14?,17-,19+/m1/s1. The highest BCUT2D eigenvalue weighted by atomic mass is 35.5. The molecule has 2 saturated carbocycles. The third-order valence-corrected chi connectivity index (χ3v) is 8.00. The number of fused-ring (bicyclic) bond motifs is 1. The average Bonchev–Trinajstić information content (AvgIpc) is 3.20. The molecule has 3 aromatic rings. The molecule has 2 aliphatic carbocycles. The summed E-state index contributed by atoms with van der Waals surface area (Å²) in [5, 5.41) is 18.1. The number of primary amides is 1. The maximum Gasteiger partial charge on any atom is 0.225 e. The number of carbonyl (C=O) groups excluding carboxylic acids is 1. The van der Waals surface area contributed by atoms with Crippen molar-refractivity contribution in [1.82, 2.24) is 19.5 Å². The maximum atomic E-state index is 11.7. The number of imidazole rings is 1. The molecular formula is C24H28Cl3N7O2. The Hall–Kier alpha value is -2.33. The fourth-order valence-corrected chi connectivity index (χ4v) is 6.14. The van der Waals surface area contributed by atoms with E-state index in [1.807, 2.05) is 4.57 Å². The molecule has 2 heterocycles. The van der Waals surface area contributed by atoms with E-state index < -0.39 is 6.10 Å². The van der Waals surface area contributed by atoms with Gasteiger partial charge in [-0.3, -0.25) is 9.36 Å². The van der Waals surface area contributed by atoms with Gasteiger partial charge in [-0.2, -0.15) is 4.98 Å². The van der Waals surface area contributed by atoms with Crippen LogP contribution < -0.4 is 16.4 Å². The van der Waals surface area contributed by atoms with Gasteiger partial charge < -0.3 is 21.5 Å². The molecule has 12 heteroatoms. The van der Waals surface area contributed by atoms with Gasteiger partial charge in [0.15, 0.2) is 5.65 Å². The van der Waals surface area contributed by atoms with E-state index in [1.165, 1.54) is 0 Å². The Kier molecular flexibility index (Phi) is 7.44. The molecule has 2 aliphatic rings. The van der Waals surface area contributed by atoms with Crippen molar-refractivity contribution in [2.75, 3.05) is 10.6 Å². The number of hydrogen-bond acceptors (Lipinski definition) is 7. The molecule has 0 spiro atoms. The molecular weight excluding hydrogens is 525 g/mol. The second-order valence-corrected chi connectivity index (χ2v) is 10.8. The van der Waals surface area contributed by atoms with Gasteiger partial charge in [0, 0.05) is 17.0 Å². The number of rotatable bonds is 6. The molecule has 1 aromatic carbocycles. The van der Waals surface area contributed by atoms with E-state index in [4.69, 9.17) is 50.5 Å². The zero-order valence-corrected chi connectivity index (χ0v) is 21.8. The number of aromatic nitrogens is 4. The number of aliphatic hydroxyl groups excluding tert-OH is 1. The van der Waals surface area contributed by atoms with Gasteiger partial charge in [0.05, 0.1) is 34.1 Å². The van der Waals surface area contributed by atoms with Crippen molar-refractivity contribution in [3.63, 3.8) is 0 Å². The number of benzene rings is 1. The normalized spacial score (nSPS) is 24.6. The minimum absolute atomic E-state index is 0.0287. The number of anilines is 3. The predicted molar refractivity (Wildman–Crippen MR) is 142 cm³/mol. The van der Waals surface area contributed by atoms with Crippen molar-refractivity contribution < 1.29 is 9.90 Å². The quantitative estimate of drug-likeness (QED) is 0.319. The summed E-state index contributed by atoms with van der Waals surface area (Å²) in [4.78, 5) is 25.7. The summed E-state index contributed by atoms with van der Waals surface area (Å²) >= 11 is 19.0. The molecule has 2 aromatic heterocycles. The second-order valence-electron chi connectivity index (χ2n) is 9.59. The lowest BCUT2D eigenvalue weighted by Crippen LogP contribution is -2.36. The minimum atomic E-state index is -0.432. The van der Waals surface area contributed by atoms with Crippen LogP contribution in [0.25, 0.3) is 11.2 Å². The largest absolute Gasteiger partial charge is 0.391 e. The first-order chi connectivity index (χ1) is 17.3. The van der Waals surface area contributed by atoms with Gasteiger partial charge >= 0.3 is 0 Å². The highest BCUT2D eigenvalue weighted by molar-refractivity contribution is 6.41. The zero-order valence-electron chi connectivity index (χ0n) is 19.6. The molecule has 36 heavy (non-hydrogen) atoms. The molecule has 0 saturated heterocycles. The Bertz CT molecular complexity index is 1250. The van der Waals surface area contributed by atoms with E-state index in [9.17, 15) is 9.90 Å². The smallest absolute Gasteiger partial charge is 0.225 e. The fourth-order valence-electron chi connectivity index (χ4n) is 5.23. The van der Waals surface area contributed by atoms with E-state index >= 15 is 0 Å². The monoisotopic (exact) mass is 551 g/mol. The number of halogens is 3. The van der Waals surface area contributed by atoms with Crippen molar-refractivity contribution in [3.8, 4) is 0 Å². The van der Waals surface area contributed by atoms with Crippen LogP contribution in [0.2, 0.25) is 15.1 Å². The van der Waals surface area contributed by atoms with Crippen LogP contribution in [0.5, 0.6) is 0 Å². The molecule has 2 fully saturated rings. The van der Waals surface area contributed by atoms with Crippen LogP contribution in [0.1, 0.15) is 57.4 Å². The third-order valence-electron chi connectivity index (χ3n) is 7.18. The third kappa shape index (κ3) is 5.20. The van der Waals surface area contributed by atoms with E-state index in [-0.39, 0.29) is 23.9 Å². The van der Waals surface area contributed by atoms with Crippen LogP contribution >= 0.6 is 34.8 Å². The summed E-state index contributed by atoms with van der Waals surface area (Å²) in [6.45, 7) is 0. The number of amides is 1. The van der Waals surface area contributed by atoms with Crippen molar-refractivity contribution in [1.29, 1.82) is 0 Å². The molecule has 5 N–H and O–H groups in total. The number of nitrogens with two attached hydrogens (primary N) is 1. The zero-order chi connectivity index (χ0) is 25.4. The van der Waals surface area contributed by atoms with Gasteiger partial charge in [-0.1, -0.05) is 47.6 Å². The van der Waals surface area contributed by atoms with E-state index in [2.05, 4.69) is 15.6 Å². The summed E-state index contributed by atoms with van der Waals surface area (Å²) in [7, 11) is 0. The molecule has 0 aliphatic heterocycles. The molecule has 5 rings (SSSR count). The second kappa shape index (κ2) is 10.6. The number of hydrogen-bond donors (Lipinski definition) is 4. The van der Waals surface area contributed by atoms with Gasteiger partial charge in [-0.15, -0.1) is 0 Å². The predicted octanol–water partition coefficient (Wildman–Crippen LogP) is 5.46. The first kappa shape index (κ1) is 25.3. The highest BCUT2D eigenvalue weighted by Crippen LogP contribution is 2.40. The number of nitrogens with one attached hydrogen (secondary N) is 2. The van der Waals surface area contributed by atoms with Crippen LogP contribution in [0.15, 0.2) is 18.3 Å². The van der Waals surface area contributed by atoms with Gasteiger partial charge in [0.1, 0.15) is 5.52 Å². The molecule has 0 bridgehead atoms. The molecule has 2 atom stereocenters. The van der Waals surface area contributed by atoms with Crippen LogP contribution in [-0.2, 0) is 4.79 Å². The van der Waals surface area contributed by atoms with Gasteiger partial charge in [0.25, 0.3) is 0 Å². The summed E-state index contributed by atoms with van der Waals surface area (Å²) < 4.78 is 2.03. The molecule has 192 valence electrons. The Morgan fingerprint density at radius 3 is 2.39 bits per heavy atom. The van der Waals surface area contributed by atoms with Crippen molar-refractivity contribution in [3.05, 3.63) is 33.4 Å². The summed E-state index contributed by atoms with van der Waals surface area (Å²) in [6, 6.07) is 3.16. The Morgan fingerprint density at radius 2 is 1.72 bits per heavy atom. The van der Waals surface area contributed by atoms with Crippen LogP contribution in [0.4, 0.5) is 17.6 Å². The maximum absolute atomic E-state index is 11.7. The lowest BCUT2D eigenvalue weighted by molar-refractivity contribution is -0.122. The molecule has 0 radical (unpaired) electrons. The van der Waals surface area contributed by atoms with Crippen LogP contribution in [0.3, 0.4) is 0 Å². The Balaban J connectivity index is 1.53. The highest BCUT2D eigenvalue weighted by Gasteiger charge is 2.30. The van der Waals surface area contributed by atoms with Crippen LogP contribution in [0, 0.1) is 5.92 Å². The van der Waals surface area contributed by atoms with Gasteiger partial charge in [-0.05, 0) is 50.7 Å². The summed E-state index contributed by atoms with van der Waals surface area (Å²) in [5.41, 5.74) is 7.29. The number of nitrogens with zero attached hydrogens (tertiary/aromatic N) is 4. The first-order valence-corrected chi connectivity index (χ1v) is 13.3. The topological polar surface area (TPSA) is 131 Å². The van der Waals surface area contributed by atoms with Crippen molar-refractivity contribution in [2.45, 2.75) is 69.6 Å². The SMILES string of the molecule is NC(=O)C1CCC(n2c(Nc3c(Cl)cc(Cl)cc3Cl)nc3cnc(N[C@@H]4CCCC[C@@H]4O)nc32)CC1. The van der Waals surface area contributed by atoms with E-state index in [0.29, 0.717) is 56.7 Å². The Morgan fingerprint density at radius 1 is 1.03 bits per heavy atom. The molecule has 0 unspecified atom stereocenters. The van der Waals surface area contributed by atoms with Gasteiger partial charge in [-0.25, -0.2) is 9.97 Å². The van der Waals surface area contributed by atoms with Crippen LogP contribution in [-0.4, -0.2) is 42.7 Å². The van der Waals surface area contributed by atoms with E-state index in [1.54, 1.807) is 18.3 Å². The van der Waals surface area contributed by atoms with E-state index in [0.717, 1.165) is 38.5 Å². The summed E-state index contributed by atoms with van der Waals surface area (Å²) in [6.07, 6.45) is 7.78. The van der Waals surface area contributed by atoms with Gasteiger partial charge in [0.2, 0.25) is 17.8 Å². The number of carbonyl (C=O) groups is 1. The van der Waals surface area contributed by atoms with Crippen molar-refractivity contribution >= 4 is 69.5 Å². The lowest BCUT2D eigenvalue weighted by atomic mass is 9.85. The minimum Gasteiger partial charge on any atom is -0.391 e. The fraction of sp³-hybridized carbons (Fsp3) is 0.500. The molecule has 9 nitrogen and oxygen atoms in total. The summed E-state index contributed by atoms with van der Waals surface area (Å²) in [5.74, 6) is 0.562. The van der Waals surface area contributed by atoms with Crippen molar-refractivity contribution in [2.24, 2.45) is 11.7 Å².